The van der Waals surface area contributed by atoms with E-state index < -0.39 is 379 Å². The fourth-order valence-corrected chi connectivity index (χ4v) is 19.8. The van der Waals surface area contributed by atoms with Gasteiger partial charge in [0.1, 0.15) is 110 Å². The Balaban J connectivity index is 1.67. The maximum atomic E-state index is 13.7. The highest BCUT2D eigenvalue weighted by Gasteiger charge is 2.63. The van der Waals surface area contributed by atoms with E-state index in [0.717, 1.165) is 0 Å². The average Bonchev–Trinajstić information content (AvgIpc) is 0.758. The summed E-state index contributed by atoms with van der Waals surface area (Å²) in [4.78, 5) is 0. The molecule has 0 aromatic carbocycles. The van der Waals surface area contributed by atoms with Crippen molar-refractivity contribution < 1.29 is 400 Å². The number of hydrogen-bond acceptors (Lipinski definition) is 94. The molecule has 30 atom stereocenters. The molecular weight excluding hydrogens is 2460 g/mol. The van der Waals surface area contributed by atoms with Crippen LogP contribution in [-0.4, -0.2) is 371 Å². The number of hydrogen-bond donors (Lipinski definition) is 19. The minimum Gasteiger partial charge on any atom is -0.366 e. The molecule has 87 nitrogen and oxygen atoms in total. The highest BCUT2D eigenvalue weighted by molar-refractivity contribution is 7.92. The van der Waals surface area contributed by atoms with Crippen molar-refractivity contribution in [2.24, 2.45) is 5.92 Å². The van der Waals surface area contributed by atoms with E-state index in [0.29, 0.717) is 7.11 Å². The second kappa shape index (κ2) is 71.7. The van der Waals surface area contributed by atoms with Gasteiger partial charge in [0.05, 0.1) is 45.7 Å². The van der Waals surface area contributed by atoms with Crippen molar-refractivity contribution in [3.8, 4) is 0 Å². The lowest BCUT2D eigenvalue weighted by Gasteiger charge is -2.49. The summed E-state index contributed by atoms with van der Waals surface area (Å²) in [5.41, 5.74) is 0. The maximum absolute atomic E-state index is 13.7. The molecule has 0 amide bonds. The van der Waals surface area contributed by atoms with Crippen LogP contribution in [0.15, 0.2) is 0 Å². The van der Waals surface area contributed by atoms with E-state index in [1.165, 1.54) is 0 Å². The van der Waals surface area contributed by atoms with Crippen molar-refractivity contribution in [3.05, 3.63) is 0 Å². The third-order valence-corrected chi connectivity index (χ3v) is 24.7. The molecule has 106 heteroatoms. The predicted molar refractivity (Wildman–Crippen MR) is 416 cm³/mol. The number of rotatable bonds is 81. The summed E-state index contributed by atoms with van der Waals surface area (Å²) in [7, 11) is -36.4. The number of methoxy groups -OCH3 is 1. The van der Waals surface area contributed by atoms with Crippen molar-refractivity contribution >= 4 is 223 Å². The van der Waals surface area contributed by atoms with Crippen molar-refractivity contribution in [1.29, 1.82) is 0 Å². The zero-order valence-corrected chi connectivity index (χ0v) is 82.8. The molecular formula is C38H66O87S19. The lowest BCUT2D eigenvalue weighted by molar-refractivity contribution is -0.436. The fraction of sp³-hybridized carbons (Fsp3) is 1.00. The molecule has 0 spiro atoms. The standard InChI is InChI=1S/C38H66O87S19/c1-70-34-29(95-140(55,56)57)24(83-38-33(99-144(67,68)69)28(93-138-125-112-51)21(89-134-121-108-47)15(82-38)8-76-128-115-102-41)18(86-131-118-105-44)11(78-34)4-72-36-31(97-142(61,62)63)26(91-136-123-110-49)19(87-132-119-106-45)13(80-36)6-71-35-30(96-141(58,59)60)23(77-10-2-9(3-74-126-113-100-39)16(84-129-116-103-42)25(90-135-122-109-48)22(10)94-139(52,53)54)17(85-130-117-104-43)12(79-35)5-73-37-32(98-143(64,65)66)27(92-137-124-111-50)20(88-133-120-107-46)14(81-37)7-75-127-114-101-40/h9-51H,2-8H2,1H3,(H,52,53,54)(H,55,56,57)(H,58,59,60)(H,61,62,63)(H,64,65,66)(H,67,68,69). The molecule has 19 N–H and O–H groups in total. The van der Waals surface area contributed by atoms with Crippen molar-refractivity contribution in [3.63, 3.8) is 0 Å². The molecule has 6 aliphatic rings. The normalized spacial score (nSPS) is 31.9. The van der Waals surface area contributed by atoms with Crippen LogP contribution in [0.4, 0.5) is 0 Å². The monoisotopic (exact) mass is 2520 g/mol. The van der Waals surface area contributed by atoms with Gasteiger partial charge < -0.3 is 52.1 Å². The molecule has 6 rings (SSSR count). The van der Waals surface area contributed by atoms with E-state index in [1.54, 1.807) is 0 Å². The van der Waals surface area contributed by atoms with Gasteiger partial charge in [-0.3, -0.25) is 81.7 Å². The zero-order chi connectivity index (χ0) is 106. The van der Waals surface area contributed by atoms with Crippen LogP contribution in [0.2, 0.25) is 0 Å². The van der Waals surface area contributed by atoms with Gasteiger partial charge >= 0.3 is 62.4 Å². The van der Waals surface area contributed by atoms with Gasteiger partial charge in [0.15, 0.2) is 222 Å². The van der Waals surface area contributed by atoms with Crippen LogP contribution in [0.1, 0.15) is 6.42 Å². The highest BCUT2D eigenvalue weighted by atomic mass is 32.3. The SMILES string of the molecule is COC1OC(COC2OC(COC3OC(COC4OC(COSOOO)C(OSOOO)C(OSOOO)C4OS(=O)(=O)O)C(OSOOO)C(OC4CC(COSOOO)C(OSOOO)C(OSOOO)C4OS(=O)(=O)O)C3OS(=O)(=O)O)C(OSOOO)C(OSOOO)C2OS(=O)(=O)O)C(OSOOO)C(OC2OC(COSOOO)C(OSOOO)C(OSOOO)C2OS(=O)(=O)O)C1OS(=O)(=O)O. The average molecular weight is 2520 g/mol. The molecule has 1 aliphatic carbocycles. The Bertz CT molecular complexity index is 4130. The minimum absolute atomic E-state index is 0.245. The Labute approximate surface area is 853 Å². The molecule has 144 heavy (non-hydrogen) atoms. The van der Waals surface area contributed by atoms with E-state index in [2.05, 4.69) is 122 Å². The quantitative estimate of drug-likeness (QED) is 0.0118. The molecule has 5 heterocycles. The van der Waals surface area contributed by atoms with Gasteiger partial charge in [0, 0.05) is 13.0 Å². The lowest BCUT2D eigenvalue weighted by Crippen LogP contribution is -2.67. The molecule has 0 aromatic rings. The van der Waals surface area contributed by atoms with E-state index in [-0.39, 0.29) is 73.9 Å². The molecule has 0 bridgehead atoms. The van der Waals surface area contributed by atoms with E-state index in [4.69, 9.17) is 174 Å². The van der Waals surface area contributed by atoms with Gasteiger partial charge in [0.25, 0.3) is 0 Å². The summed E-state index contributed by atoms with van der Waals surface area (Å²) in [5, 5.41) is 164. The van der Waals surface area contributed by atoms with Gasteiger partial charge in [-0.2, -0.15) is 50.5 Å². The van der Waals surface area contributed by atoms with Gasteiger partial charge in [-0.05, 0) is 6.42 Å². The first-order valence-corrected chi connectivity index (χ1v) is 51.2. The van der Waals surface area contributed by atoms with Crippen LogP contribution >= 0.6 is 160 Å². The van der Waals surface area contributed by atoms with Crippen molar-refractivity contribution in [2.75, 3.05) is 46.8 Å². The Morgan fingerprint density at radius 1 is 0.222 bits per heavy atom. The summed E-state index contributed by atoms with van der Waals surface area (Å²) < 4.78 is 442. The molecule has 1 saturated carbocycles. The molecule has 6 fully saturated rings. The van der Waals surface area contributed by atoms with Gasteiger partial charge in [-0.1, -0.05) is 65.5 Å². The molecule has 5 aliphatic heterocycles. The summed E-state index contributed by atoms with van der Waals surface area (Å²) in [5.74, 6) is -1.77. The second-order valence-electron chi connectivity index (χ2n) is 24.3. The first-order valence-electron chi connectivity index (χ1n) is 34.4. The third kappa shape index (κ3) is 48.6. The van der Waals surface area contributed by atoms with E-state index in [9.17, 15) is 104 Å². The summed E-state index contributed by atoms with van der Waals surface area (Å²) in [6.45, 7) is -8.41. The molecule has 854 valence electrons. The Morgan fingerprint density at radius 3 is 0.701 bits per heavy atom. The highest BCUT2D eigenvalue weighted by Crippen LogP contribution is 2.47. The second-order valence-corrected chi connectivity index (χ2v) is 36.8. The Hall–Kier alpha value is 1.25. The summed E-state index contributed by atoms with van der Waals surface area (Å²) in [6, 6.07) is 0. The largest absolute Gasteiger partial charge is 0.397 e. The smallest absolute Gasteiger partial charge is 0.366 e. The van der Waals surface area contributed by atoms with Gasteiger partial charge in [-0.25, -0.2) is 93.4 Å². The van der Waals surface area contributed by atoms with Crippen molar-refractivity contribution in [2.45, 2.75) is 184 Å². The maximum Gasteiger partial charge on any atom is 0.397 e. The fourth-order valence-electron chi connectivity index (χ4n) is 12.3. The van der Waals surface area contributed by atoms with Crippen molar-refractivity contribution in [1.82, 2.24) is 0 Å². The third-order valence-electron chi connectivity index (χ3n) is 16.6. The molecule has 5 saturated heterocycles. The Kier molecular flexibility index (Phi) is 66.6. The van der Waals surface area contributed by atoms with E-state index >= 15 is 0 Å². The first kappa shape index (κ1) is 134. The van der Waals surface area contributed by atoms with Crippen LogP contribution in [-0.2, 0) is 316 Å². The molecule has 0 aromatic heterocycles. The Morgan fingerprint density at radius 2 is 0.424 bits per heavy atom. The van der Waals surface area contributed by atoms with Gasteiger partial charge in [-0.15, -0.1) is 56.3 Å². The predicted octanol–water partition coefficient (Wildman–Crippen LogP) is -0.707. The topological polar surface area (TPSA) is 1110 Å². The van der Waals surface area contributed by atoms with Crippen LogP contribution in [0.5, 0.6) is 0 Å². The van der Waals surface area contributed by atoms with E-state index in [1.807, 2.05) is 0 Å². The van der Waals surface area contributed by atoms with Crippen LogP contribution in [0.25, 0.3) is 0 Å². The van der Waals surface area contributed by atoms with Crippen LogP contribution in [0.3, 0.4) is 0 Å². The molecule has 30 unspecified atom stereocenters. The minimum atomic E-state index is -6.43. The summed E-state index contributed by atoms with van der Waals surface area (Å²) in [6.07, 6.45) is -78.1. The molecule has 0 radical (unpaired) electrons. The number of ether oxygens (including phenoxy) is 11. The zero-order valence-electron chi connectivity index (χ0n) is 67.3. The first-order chi connectivity index (χ1) is 68.7. The van der Waals surface area contributed by atoms with Crippen LogP contribution in [0, 0.1) is 5.92 Å². The van der Waals surface area contributed by atoms with Crippen LogP contribution < -0.4 is 0 Å². The lowest BCUT2D eigenvalue weighted by atomic mass is 9.81. The van der Waals surface area contributed by atoms with Gasteiger partial charge in [0.2, 0.25) is 0 Å². The summed E-state index contributed by atoms with van der Waals surface area (Å²) >= 11 is -5.82.